The van der Waals surface area contributed by atoms with Crippen molar-refractivity contribution in [3.8, 4) is 11.3 Å². The van der Waals surface area contributed by atoms with E-state index in [0.29, 0.717) is 18.2 Å². The SMILES string of the molecule is Nc1ncc(-c2ccncc2)nc1NCc1cccnc1. The lowest BCUT2D eigenvalue weighted by atomic mass is 10.2. The van der Waals surface area contributed by atoms with Crippen LogP contribution in [0.15, 0.2) is 55.2 Å². The fourth-order valence-electron chi connectivity index (χ4n) is 1.88. The molecular weight excluding hydrogens is 264 g/mol. The monoisotopic (exact) mass is 278 g/mol. The first-order valence-electron chi connectivity index (χ1n) is 6.48. The molecule has 0 radical (unpaired) electrons. The first kappa shape index (κ1) is 13.0. The van der Waals surface area contributed by atoms with Gasteiger partial charge in [0.25, 0.3) is 0 Å². The molecule has 6 nitrogen and oxygen atoms in total. The molecule has 0 fully saturated rings. The largest absolute Gasteiger partial charge is 0.381 e. The van der Waals surface area contributed by atoms with Gasteiger partial charge in [-0.1, -0.05) is 6.07 Å². The van der Waals surface area contributed by atoms with Gasteiger partial charge < -0.3 is 11.1 Å². The maximum Gasteiger partial charge on any atom is 0.169 e. The summed E-state index contributed by atoms with van der Waals surface area (Å²) in [6.45, 7) is 0.590. The number of nitrogens with one attached hydrogen (secondary N) is 1. The van der Waals surface area contributed by atoms with Crippen LogP contribution < -0.4 is 11.1 Å². The molecule has 3 rings (SSSR count). The van der Waals surface area contributed by atoms with Gasteiger partial charge in [0.15, 0.2) is 11.6 Å². The first-order chi connectivity index (χ1) is 10.3. The van der Waals surface area contributed by atoms with Crippen molar-refractivity contribution < 1.29 is 0 Å². The summed E-state index contributed by atoms with van der Waals surface area (Å²) < 4.78 is 0. The van der Waals surface area contributed by atoms with E-state index in [1.54, 1.807) is 31.0 Å². The Morgan fingerprint density at radius 2 is 1.86 bits per heavy atom. The predicted molar refractivity (Wildman–Crippen MR) is 81.2 cm³/mol. The van der Waals surface area contributed by atoms with Crippen LogP contribution in [0.4, 0.5) is 11.6 Å². The van der Waals surface area contributed by atoms with Gasteiger partial charge in [0, 0.05) is 36.9 Å². The van der Waals surface area contributed by atoms with Crippen molar-refractivity contribution in [1.29, 1.82) is 0 Å². The lowest BCUT2D eigenvalue weighted by Gasteiger charge is -2.09. The van der Waals surface area contributed by atoms with E-state index in [2.05, 4.69) is 25.3 Å². The lowest BCUT2D eigenvalue weighted by Crippen LogP contribution is -2.07. The molecule has 0 aliphatic heterocycles. The summed E-state index contributed by atoms with van der Waals surface area (Å²) in [5.74, 6) is 0.935. The standard InChI is InChI=1S/C15H14N6/c16-14-15(20-9-11-2-1-5-18-8-11)21-13(10-19-14)12-3-6-17-7-4-12/h1-8,10H,9H2,(H2,16,19)(H,20,21). The zero-order chi connectivity index (χ0) is 14.5. The van der Waals surface area contributed by atoms with Crippen LogP contribution in [-0.4, -0.2) is 19.9 Å². The Hall–Kier alpha value is -3.02. The second-order valence-electron chi connectivity index (χ2n) is 4.44. The Morgan fingerprint density at radius 3 is 2.62 bits per heavy atom. The number of hydrogen-bond donors (Lipinski definition) is 2. The molecule has 0 bridgehead atoms. The predicted octanol–water partition coefficient (Wildman–Crippen LogP) is 2.13. The highest BCUT2D eigenvalue weighted by molar-refractivity contribution is 5.64. The van der Waals surface area contributed by atoms with Gasteiger partial charge in [0.1, 0.15) is 0 Å². The van der Waals surface area contributed by atoms with Gasteiger partial charge in [-0.3, -0.25) is 9.97 Å². The molecule has 6 heteroatoms. The molecule has 0 atom stereocenters. The van der Waals surface area contributed by atoms with Gasteiger partial charge in [-0.25, -0.2) is 9.97 Å². The number of pyridine rings is 2. The van der Waals surface area contributed by atoms with Gasteiger partial charge in [-0.2, -0.15) is 0 Å². The van der Waals surface area contributed by atoms with Crippen molar-refractivity contribution >= 4 is 11.6 Å². The van der Waals surface area contributed by atoms with Crippen LogP contribution in [0.2, 0.25) is 0 Å². The Labute approximate surface area is 122 Å². The number of nitrogens with zero attached hydrogens (tertiary/aromatic N) is 4. The third-order valence-corrected chi connectivity index (χ3v) is 2.96. The molecular formula is C15H14N6. The normalized spacial score (nSPS) is 10.3. The van der Waals surface area contributed by atoms with Crippen molar-refractivity contribution in [1.82, 2.24) is 19.9 Å². The molecule has 3 aromatic rings. The molecule has 3 N–H and O–H groups in total. The Morgan fingerprint density at radius 1 is 1.00 bits per heavy atom. The van der Waals surface area contributed by atoms with E-state index in [1.165, 1.54) is 0 Å². The van der Waals surface area contributed by atoms with Crippen LogP contribution in [0.3, 0.4) is 0 Å². The minimum Gasteiger partial charge on any atom is -0.381 e. The fraction of sp³-hybridized carbons (Fsp3) is 0.0667. The van der Waals surface area contributed by atoms with E-state index in [1.807, 2.05) is 24.3 Å². The van der Waals surface area contributed by atoms with E-state index in [0.717, 1.165) is 16.8 Å². The average Bonchev–Trinajstić information content (AvgIpc) is 2.56. The average molecular weight is 278 g/mol. The highest BCUT2D eigenvalue weighted by Gasteiger charge is 2.06. The fourth-order valence-corrected chi connectivity index (χ4v) is 1.88. The Balaban J connectivity index is 1.82. The molecule has 0 spiro atoms. The summed E-state index contributed by atoms with van der Waals surface area (Å²) in [4.78, 5) is 16.8. The summed E-state index contributed by atoms with van der Waals surface area (Å²) in [6.07, 6.45) is 8.62. The summed E-state index contributed by atoms with van der Waals surface area (Å²) in [7, 11) is 0. The van der Waals surface area contributed by atoms with E-state index in [9.17, 15) is 0 Å². The van der Waals surface area contributed by atoms with Crippen molar-refractivity contribution in [3.05, 3.63) is 60.8 Å². The van der Waals surface area contributed by atoms with Crippen molar-refractivity contribution in [2.75, 3.05) is 11.1 Å². The summed E-state index contributed by atoms with van der Waals surface area (Å²) in [5, 5.41) is 3.19. The van der Waals surface area contributed by atoms with E-state index < -0.39 is 0 Å². The van der Waals surface area contributed by atoms with Gasteiger partial charge in [0.05, 0.1) is 11.9 Å². The van der Waals surface area contributed by atoms with Crippen LogP contribution in [0, 0.1) is 0 Å². The molecule has 3 heterocycles. The van der Waals surface area contributed by atoms with Crippen molar-refractivity contribution in [2.24, 2.45) is 0 Å². The van der Waals surface area contributed by atoms with Crippen LogP contribution in [0.1, 0.15) is 5.56 Å². The molecule has 0 saturated carbocycles. The summed E-state index contributed by atoms with van der Waals surface area (Å²) >= 11 is 0. The van der Waals surface area contributed by atoms with Crippen LogP contribution in [-0.2, 0) is 6.54 Å². The van der Waals surface area contributed by atoms with Crippen molar-refractivity contribution in [3.63, 3.8) is 0 Å². The van der Waals surface area contributed by atoms with Gasteiger partial charge in [-0.05, 0) is 23.8 Å². The van der Waals surface area contributed by atoms with E-state index in [4.69, 9.17) is 5.73 Å². The molecule has 0 aliphatic rings. The maximum atomic E-state index is 5.87. The third kappa shape index (κ3) is 3.11. The molecule has 0 amide bonds. The van der Waals surface area contributed by atoms with Gasteiger partial charge in [0.2, 0.25) is 0 Å². The van der Waals surface area contributed by atoms with E-state index in [-0.39, 0.29) is 0 Å². The number of rotatable bonds is 4. The molecule has 0 saturated heterocycles. The highest BCUT2D eigenvalue weighted by Crippen LogP contribution is 2.20. The van der Waals surface area contributed by atoms with Crippen molar-refractivity contribution in [2.45, 2.75) is 6.54 Å². The topological polar surface area (TPSA) is 89.6 Å². The smallest absolute Gasteiger partial charge is 0.169 e. The zero-order valence-electron chi connectivity index (χ0n) is 11.3. The molecule has 3 aromatic heterocycles. The summed E-state index contributed by atoms with van der Waals surface area (Å²) in [6, 6.07) is 7.63. The van der Waals surface area contributed by atoms with Crippen LogP contribution in [0.25, 0.3) is 11.3 Å². The first-order valence-corrected chi connectivity index (χ1v) is 6.48. The second kappa shape index (κ2) is 5.96. The van der Waals surface area contributed by atoms with Crippen LogP contribution >= 0.6 is 0 Å². The van der Waals surface area contributed by atoms with E-state index >= 15 is 0 Å². The van der Waals surface area contributed by atoms with Gasteiger partial charge in [-0.15, -0.1) is 0 Å². The number of nitrogens with two attached hydrogens (primary N) is 1. The third-order valence-electron chi connectivity index (χ3n) is 2.96. The number of aromatic nitrogens is 4. The number of nitrogen functional groups attached to an aromatic ring is 1. The highest BCUT2D eigenvalue weighted by atomic mass is 15.1. The quantitative estimate of drug-likeness (QED) is 0.760. The lowest BCUT2D eigenvalue weighted by molar-refractivity contribution is 1.07. The minimum atomic E-state index is 0.372. The second-order valence-corrected chi connectivity index (χ2v) is 4.44. The maximum absolute atomic E-state index is 5.87. The Bertz CT molecular complexity index is 715. The number of anilines is 2. The zero-order valence-corrected chi connectivity index (χ0v) is 11.3. The molecule has 0 aromatic carbocycles. The molecule has 0 unspecified atom stereocenters. The Kier molecular flexibility index (Phi) is 3.68. The van der Waals surface area contributed by atoms with Crippen LogP contribution in [0.5, 0.6) is 0 Å². The molecule has 104 valence electrons. The number of hydrogen-bond acceptors (Lipinski definition) is 6. The molecule has 0 aliphatic carbocycles. The van der Waals surface area contributed by atoms with Gasteiger partial charge >= 0.3 is 0 Å². The molecule has 21 heavy (non-hydrogen) atoms. The minimum absolute atomic E-state index is 0.372. The summed E-state index contributed by atoms with van der Waals surface area (Å²) in [5.41, 5.74) is 8.61.